The van der Waals surface area contributed by atoms with E-state index in [0.29, 0.717) is 12.2 Å². The third kappa shape index (κ3) is 3.39. The highest BCUT2D eigenvalue weighted by Crippen LogP contribution is 2.44. The first kappa shape index (κ1) is 19.5. The van der Waals surface area contributed by atoms with E-state index in [1.54, 1.807) is 6.07 Å². The van der Waals surface area contributed by atoms with Crippen LogP contribution in [0.4, 0.5) is 5.88 Å². The Balaban J connectivity index is 1.75. The summed E-state index contributed by atoms with van der Waals surface area (Å²) < 4.78 is 5.48. The van der Waals surface area contributed by atoms with Crippen LogP contribution in [-0.4, -0.2) is 27.4 Å². The third-order valence-electron chi connectivity index (χ3n) is 5.50. The maximum absolute atomic E-state index is 11.0. The molecule has 29 heavy (non-hydrogen) atoms. The molecule has 4 unspecified atom stereocenters. The van der Waals surface area contributed by atoms with Gasteiger partial charge in [0, 0.05) is 0 Å². The number of fused-ring (bicyclic) bond motifs is 1. The zero-order valence-corrected chi connectivity index (χ0v) is 17.1. The van der Waals surface area contributed by atoms with Crippen molar-refractivity contribution >= 4 is 22.7 Å². The maximum atomic E-state index is 11.0. The Hall–Kier alpha value is -2.83. The Morgan fingerprint density at radius 3 is 2.79 bits per heavy atom. The Morgan fingerprint density at radius 1 is 1.38 bits per heavy atom. The van der Waals surface area contributed by atoms with Crippen LogP contribution in [0.3, 0.4) is 0 Å². The van der Waals surface area contributed by atoms with Gasteiger partial charge in [-0.15, -0.1) is 11.8 Å². The molecular formula is C20H21N5O3S. The van der Waals surface area contributed by atoms with Gasteiger partial charge in [0.15, 0.2) is 0 Å². The zero-order chi connectivity index (χ0) is 20.7. The molecule has 1 N–H and O–H groups in total. The highest BCUT2D eigenvalue weighted by Gasteiger charge is 2.47. The lowest BCUT2D eigenvalue weighted by Crippen LogP contribution is -2.52. The Morgan fingerprint density at radius 2 is 2.17 bits per heavy atom. The van der Waals surface area contributed by atoms with Crippen molar-refractivity contribution in [2.24, 2.45) is 11.0 Å². The first-order valence-electron chi connectivity index (χ1n) is 9.30. The summed E-state index contributed by atoms with van der Waals surface area (Å²) in [6, 6.07) is 11.3. The molecule has 3 heterocycles. The van der Waals surface area contributed by atoms with E-state index in [2.05, 4.69) is 43.4 Å². The van der Waals surface area contributed by atoms with Crippen LogP contribution in [0, 0.1) is 41.2 Å². The lowest BCUT2D eigenvalue weighted by atomic mass is 9.89. The molecule has 8 nitrogen and oxygen atoms in total. The zero-order valence-electron chi connectivity index (χ0n) is 16.3. The summed E-state index contributed by atoms with van der Waals surface area (Å²) in [5, 5.41) is 31.7. The molecule has 0 saturated carbocycles. The van der Waals surface area contributed by atoms with Crippen molar-refractivity contribution in [3.05, 3.63) is 62.9 Å². The van der Waals surface area contributed by atoms with Crippen LogP contribution in [0.25, 0.3) is 0 Å². The number of nitro groups is 1. The SMILES string of the molecule is CSC1=NN2C(c3ccc(C)cc3C)CC(c3ccc([N+](=O)[O-])o3)NC2C1C#N. The molecule has 1 aromatic carbocycles. The second-order valence-electron chi connectivity index (χ2n) is 7.34. The lowest BCUT2D eigenvalue weighted by Gasteiger charge is -2.42. The summed E-state index contributed by atoms with van der Waals surface area (Å²) >= 11 is 1.47. The number of benzene rings is 1. The van der Waals surface area contributed by atoms with E-state index in [9.17, 15) is 15.4 Å². The monoisotopic (exact) mass is 411 g/mol. The van der Waals surface area contributed by atoms with E-state index in [0.717, 1.165) is 16.2 Å². The molecule has 0 radical (unpaired) electrons. The lowest BCUT2D eigenvalue weighted by molar-refractivity contribution is -0.402. The first-order valence-corrected chi connectivity index (χ1v) is 10.5. The summed E-state index contributed by atoms with van der Waals surface area (Å²) in [6.07, 6.45) is 2.21. The van der Waals surface area contributed by atoms with Crippen molar-refractivity contribution in [3.63, 3.8) is 0 Å². The fraction of sp³-hybridized carbons (Fsp3) is 0.400. The largest absolute Gasteiger partial charge is 0.433 e. The summed E-state index contributed by atoms with van der Waals surface area (Å²) in [4.78, 5) is 10.5. The molecule has 1 aromatic heterocycles. The van der Waals surface area contributed by atoms with Crippen LogP contribution in [0.5, 0.6) is 0 Å². The number of aryl methyl sites for hydroxylation is 2. The Bertz CT molecular complexity index is 1030. The molecule has 2 aliphatic heterocycles. The van der Waals surface area contributed by atoms with Gasteiger partial charge in [0.05, 0.1) is 24.2 Å². The maximum Gasteiger partial charge on any atom is 0.433 e. The number of nitriles is 1. The molecule has 0 aliphatic carbocycles. The molecule has 0 bridgehead atoms. The number of nitrogens with zero attached hydrogens (tertiary/aromatic N) is 4. The predicted octanol–water partition coefficient (Wildman–Crippen LogP) is 4.04. The molecule has 4 rings (SSSR count). The van der Waals surface area contributed by atoms with Crippen molar-refractivity contribution in [3.8, 4) is 6.07 Å². The summed E-state index contributed by atoms with van der Waals surface area (Å²) in [7, 11) is 0. The highest BCUT2D eigenvalue weighted by atomic mass is 32.2. The molecular weight excluding hydrogens is 390 g/mol. The summed E-state index contributed by atoms with van der Waals surface area (Å²) in [5.74, 6) is -0.192. The first-order chi connectivity index (χ1) is 13.9. The van der Waals surface area contributed by atoms with Crippen molar-refractivity contribution in [1.82, 2.24) is 10.3 Å². The molecule has 1 saturated heterocycles. The van der Waals surface area contributed by atoms with E-state index < -0.39 is 10.8 Å². The average Bonchev–Trinajstić information content (AvgIpc) is 3.32. The van der Waals surface area contributed by atoms with Crippen molar-refractivity contribution in [2.75, 3.05) is 6.26 Å². The normalized spacial score (nSPS) is 26.0. The number of rotatable bonds is 3. The quantitative estimate of drug-likeness (QED) is 0.600. The molecule has 2 aliphatic rings. The Kier molecular flexibility index (Phi) is 5.06. The third-order valence-corrected chi connectivity index (χ3v) is 6.25. The smallest absolute Gasteiger partial charge is 0.404 e. The highest BCUT2D eigenvalue weighted by molar-refractivity contribution is 8.13. The van der Waals surface area contributed by atoms with Gasteiger partial charge < -0.3 is 4.42 Å². The molecule has 150 valence electrons. The fourth-order valence-corrected chi connectivity index (χ4v) is 4.77. The molecule has 2 aromatic rings. The molecule has 0 spiro atoms. The standard InChI is InChI=1S/C20H21N5O3S/c1-11-4-5-13(12(2)8-11)16-9-15(17-6-7-18(28-17)25(26)27)22-19-14(10-21)20(29-3)23-24(16)19/h4-8,14-16,19,22H,9H2,1-3H3. The number of hydrogen-bond acceptors (Lipinski definition) is 8. The predicted molar refractivity (Wildman–Crippen MR) is 110 cm³/mol. The van der Waals surface area contributed by atoms with Gasteiger partial charge in [-0.1, -0.05) is 23.8 Å². The number of hydrogen-bond donors (Lipinski definition) is 1. The van der Waals surface area contributed by atoms with E-state index in [1.165, 1.54) is 23.4 Å². The second kappa shape index (κ2) is 7.54. The summed E-state index contributed by atoms with van der Waals surface area (Å²) in [6.45, 7) is 4.13. The minimum absolute atomic E-state index is 0.0727. The van der Waals surface area contributed by atoms with Crippen LogP contribution in [0.2, 0.25) is 0 Å². The van der Waals surface area contributed by atoms with Gasteiger partial charge in [-0.25, -0.2) is 0 Å². The van der Waals surface area contributed by atoms with Crippen molar-refractivity contribution in [2.45, 2.75) is 38.5 Å². The van der Waals surface area contributed by atoms with Crippen molar-refractivity contribution in [1.29, 1.82) is 5.26 Å². The second-order valence-corrected chi connectivity index (χ2v) is 8.16. The van der Waals surface area contributed by atoms with Crippen LogP contribution in [-0.2, 0) is 0 Å². The van der Waals surface area contributed by atoms with Gasteiger partial charge in [0.25, 0.3) is 0 Å². The number of nitrogens with one attached hydrogen (secondary N) is 1. The fourth-order valence-electron chi connectivity index (χ4n) is 4.16. The van der Waals surface area contributed by atoms with Crippen LogP contribution < -0.4 is 5.32 Å². The topological polar surface area (TPSA) is 108 Å². The van der Waals surface area contributed by atoms with Crippen molar-refractivity contribution < 1.29 is 9.34 Å². The summed E-state index contributed by atoms with van der Waals surface area (Å²) in [5.41, 5.74) is 3.47. The molecule has 9 heteroatoms. The van der Waals surface area contributed by atoms with Gasteiger partial charge in [0.1, 0.15) is 27.8 Å². The number of hydrazone groups is 1. The average molecular weight is 411 g/mol. The van der Waals surface area contributed by atoms with Crippen LogP contribution in [0.1, 0.15) is 41.0 Å². The van der Waals surface area contributed by atoms with E-state index >= 15 is 0 Å². The van der Waals surface area contributed by atoms with Gasteiger partial charge in [-0.2, -0.15) is 10.4 Å². The van der Waals surface area contributed by atoms with Gasteiger partial charge in [-0.3, -0.25) is 20.4 Å². The van der Waals surface area contributed by atoms with Crippen LogP contribution >= 0.6 is 11.8 Å². The van der Waals surface area contributed by atoms with Crippen LogP contribution in [0.15, 0.2) is 39.9 Å². The van der Waals surface area contributed by atoms with Gasteiger partial charge in [0.2, 0.25) is 0 Å². The van der Waals surface area contributed by atoms with Gasteiger partial charge >= 0.3 is 5.88 Å². The number of furan rings is 1. The number of thioether (sulfide) groups is 1. The molecule has 0 amide bonds. The minimum Gasteiger partial charge on any atom is -0.404 e. The Labute approximate surface area is 172 Å². The van der Waals surface area contributed by atoms with E-state index in [1.807, 2.05) is 11.3 Å². The molecule has 1 fully saturated rings. The van der Waals surface area contributed by atoms with Gasteiger partial charge in [-0.05, 0) is 43.7 Å². The van der Waals surface area contributed by atoms with E-state index in [4.69, 9.17) is 9.52 Å². The molecule has 4 atom stereocenters. The minimum atomic E-state index is -0.539. The van der Waals surface area contributed by atoms with E-state index in [-0.39, 0.29) is 24.1 Å².